The molecule has 0 saturated heterocycles. The van der Waals surface area contributed by atoms with Gasteiger partial charge in [0, 0.05) is 17.3 Å². The highest BCUT2D eigenvalue weighted by atomic mass is 35.5. The molecule has 0 amide bonds. The van der Waals surface area contributed by atoms with Crippen molar-refractivity contribution in [3.63, 3.8) is 0 Å². The Morgan fingerprint density at radius 2 is 1.85 bits per heavy atom. The summed E-state index contributed by atoms with van der Waals surface area (Å²) in [6.45, 7) is 4.44. The van der Waals surface area contributed by atoms with Crippen molar-refractivity contribution in [2.24, 2.45) is 0 Å². The van der Waals surface area contributed by atoms with E-state index in [0.29, 0.717) is 11.6 Å². The van der Waals surface area contributed by atoms with Crippen molar-refractivity contribution in [1.82, 2.24) is 0 Å². The maximum atomic E-state index is 13.1. The van der Waals surface area contributed by atoms with Crippen molar-refractivity contribution in [3.8, 4) is 5.75 Å². The fourth-order valence-corrected chi connectivity index (χ4v) is 1.98. The van der Waals surface area contributed by atoms with Gasteiger partial charge in [0.15, 0.2) is 0 Å². The Balaban J connectivity index is 1.98. The first-order valence-electron chi connectivity index (χ1n) is 6.49. The van der Waals surface area contributed by atoms with Crippen LogP contribution in [0.4, 0.5) is 10.1 Å². The second-order valence-electron chi connectivity index (χ2n) is 4.78. The predicted octanol–water partition coefficient (Wildman–Crippen LogP) is 4.88. The molecule has 2 aromatic rings. The molecule has 0 aliphatic rings. The highest BCUT2D eigenvalue weighted by molar-refractivity contribution is 6.31. The number of hydrogen-bond donors (Lipinski definition) is 1. The Morgan fingerprint density at radius 1 is 1.15 bits per heavy atom. The van der Waals surface area contributed by atoms with Crippen molar-refractivity contribution < 1.29 is 9.13 Å². The Labute approximate surface area is 123 Å². The summed E-state index contributed by atoms with van der Waals surface area (Å²) < 4.78 is 18.7. The van der Waals surface area contributed by atoms with Crippen LogP contribution in [0.3, 0.4) is 0 Å². The van der Waals surface area contributed by atoms with Gasteiger partial charge in [-0.15, -0.1) is 0 Å². The van der Waals surface area contributed by atoms with E-state index >= 15 is 0 Å². The van der Waals surface area contributed by atoms with E-state index in [1.54, 1.807) is 6.07 Å². The fourth-order valence-electron chi connectivity index (χ4n) is 1.80. The molecule has 0 saturated carbocycles. The van der Waals surface area contributed by atoms with Crippen LogP contribution in [0.2, 0.25) is 5.02 Å². The third-order valence-electron chi connectivity index (χ3n) is 2.72. The summed E-state index contributed by atoms with van der Waals surface area (Å²) in [6, 6.07) is 12.0. The van der Waals surface area contributed by atoms with Crippen LogP contribution in [0.25, 0.3) is 0 Å². The van der Waals surface area contributed by atoms with Gasteiger partial charge in [-0.2, -0.15) is 0 Å². The normalized spacial score (nSPS) is 10.7. The van der Waals surface area contributed by atoms with E-state index < -0.39 is 0 Å². The lowest BCUT2D eigenvalue weighted by atomic mass is 10.2. The van der Waals surface area contributed by atoms with Crippen molar-refractivity contribution in [3.05, 3.63) is 58.9 Å². The van der Waals surface area contributed by atoms with Crippen LogP contribution >= 0.6 is 11.6 Å². The first-order valence-corrected chi connectivity index (χ1v) is 6.87. The zero-order valence-electron chi connectivity index (χ0n) is 11.5. The lowest BCUT2D eigenvalue weighted by Gasteiger charge is -2.11. The molecule has 0 radical (unpaired) electrons. The third kappa shape index (κ3) is 4.14. The van der Waals surface area contributed by atoms with Gasteiger partial charge in [0.25, 0.3) is 0 Å². The van der Waals surface area contributed by atoms with Gasteiger partial charge in [-0.3, -0.25) is 0 Å². The van der Waals surface area contributed by atoms with Gasteiger partial charge < -0.3 is 10.1 Å². The Bertz CT molecular complexity index is 569. The lowest BCUT2D eigenvalue weighted by molar-refractivity contribution is 0.242. The number of nitrogens with one attached hydrogen (secondary N) is 1. The molecule has 0 spiro atoms. The number of halogens is 2. The quantitative estimate of drug-likeness (QED) is 0.848. The summed E-state index contributed by atoms with van der Waals surface area (Å²) in [5.41, 5.74) is 1.66. The largest absolute Gasteiger partial charge is 0.491 e. The molecule has 0 aliphatic heterocycles. The Kier molecular flexibility index (Phi) is 4.85. The molecule has 0 aromatic heterocycles. The molecule has 1 N–H and O–H groups in total. The molecule has 0 bridgehead atoms. The molecule has 2 aromatic carbocycles. The Morgan fingerprint density at radius 3 is 2.50 bits per heavy atom. The van der Waals surface area contributed by atoms with E-state index in [-0.39, 0.29) is 11.9 Å². The van der Waals surface area contributed by atoms with Gasteiger partial charge in [0.2, 0.25) is 0 Å². The lowest BCUT2D eigenvalue weighted by Crippen LogP contribution is -2.05. The highest BCUT2D eigenvalue weighted by Gasteiger charge is 2.03. The molecule has 106 valence electrons. The molecular weight excluding hydrogens is 277 g/mol. The average molecular weight is 294 g/mol. The monoisotopic (exact) mass is 293 g/mol. The van der Waals surface area contributed by atoms with E-state index in [9.17, 15) is 4.39 Å². The fraction of sp³-hybridized carbons (Fsp3) is 0.250. The molecule has 20 heavy (non-hydrogen) atoms. The topological polar surface area (TPSA) is 21.3 Å². The molecule has 0 fully saturated rings. The minimum atomic E-state index is -0.285. The minimum absolute atomic E-state index is 0.153. The highest BCUT2D eigenvalue weighted by Crippen LogP contribution is 2.20. The van der Waals surface area contributed by atoms with E-state index in [2.05, 4.69) is 5.32 Å². The smallest absolute Gasteiger partial charge is 0.123 e. The molecule has 0 aliphatic carbocycles. The summed E-state index contributed by atoms with van der Waals surface area (Å²) >= 11 is 6.02. The third-order valence-corrected chi connectivity index (χ3v) is 3.09. The van der Waals surface area contributed by atoms with Crippen LogP contribution in [0.5, 0.6) is 5.75 Å². The number of hydrogen-bond acceptors (Lipinski definition) is 2. The van der Waals surface area contributed by atoms with E-state index in [1.807, 2.05) is 38.1 Å². The van der Waals surface area contributed by atoms with Crippen molar-refractivity contribution in [1.29, 1.82) is 0 Å². The van der Waals surface area contributed by atoms with Gasteiger partial charge in [-0.1, -0.05) is 11.6 Å². The predicted molar refractivity (Wildman–Crippen MR) is 80.9 cm³/mol. The maximum absolute atomic E-state index is 13.1. The van der Waals surface area contributed by atoms with Crippen molar-refractivity contribution >= 4 is 17.3 Å². The second kappa shape index (κ2) is 6.62. The number of rotatable bonds is 5. The summed E-state index contributed by atoms with van der Waals surface area (Å²) in [4.78, 5) is 0. The van der Waals surface area contributed by atoms with E-state index in [1.165, 1.54) is 12.1 Å². The molecule has 2 nitrogen and oxygen atoms in total. The molecule has 2 rings (SSSR count). The zero-order valence-corrected chi connectivity index (χ0v) is 12.2. The van der Waals surface area contributed by atoms with Gasteiger partial charge in [0.1, 0.15) is 11.6 Å². The van der Waals surface area contributed by atoms with Crippen LogP contribution in [-0.4, -0.2) is 6.10 Å². The van der Waals surface area contributed by atoms with Crippen molar-refractivity contribution in [2.75, 3.05) is 5.32 Å². The molecule has 0 unspecified atom stereocenters. The van der Waals surface area contributed by atoms with Crippen LogP contribution < -0.4 is 10.1 Å². The van der Waals surface area contributed by atoms with Gasteiger partial charge in [-0.25, -0.2) is 4.39 Å². The molecule has 4 heteroatoms. The number of ether oxygens (including phenoxy) is 1. The first kappa shape index (κ1) is 14.7. The van der Waals surface area contributed by atoms with Crippen LogP contribution in [0, 0.1) is 5.82 Å². The first-order chi connectivity index (χ1) is 9.54. The standard InChI is InChI=1S/C16H17ClFNO/c1-11(2)20-15-6-4-14(5-7-15)19-10-12-9-13(18)3-8-16(12)17/h3-9,11,19H,10H2,1-2H3. The average Bonchev–Trinajstić information content (AvgIpc) is 2.41. The van der Waals surface area contributed by atoms with Crippen LogP contribution in [-0.2, 0) is 6.54 Å². The second-order valence-corrected chi connectivity index (χ2v) is 5.19. The van der Waals surface area contributed by atoms with E-state index in [4.69, 9.17) is 16.3 Å². The zero-order chi connectivity index (χ0) is 14.5. The maximum Gasteiger partial charge on any atom is 0.123 e. The summed E-state index contributed by atoms with van der Waals surface area (Å²) in [7, 11) is 0. The number of benzene rings is 2. The summed E-state index contributed by atoms with van der Waals surface area (Å²) in [5.74, 6) is 0.543. The summed E-state index contributed by atoms with van der Waals surface area (Å²) in [6.07, 6.45) is 0.153. The van der Waals surface area contributed by atoms with Gasteiger partial charge in [-0.05, 0) is 61.9 Å². The van der Waals surface area contributed by atoms with Crippen molar-refractivity contribution in [2.45, 2.75) is 26.5 Å². The summed E-state index contributed by atoms with van der Waals surface area (Å²) in [5, 5.41) is 3.76. The van der Waals surface area contributed by atoms with Gasteiger partial charge in [0.05, 0.1) is 6.10 Å². The Hall–Kier alpha value is -1.74. The minimum Gasteiger partial charge on any atom is -0.491 e. The van der Waals surface area contributed by atoms with Gasteiger partial charge >= 0.3 is 0 Å². The number of anilines is 1. The van der Waals surface area contributed by atoms with E-state index in [0.717, 1.165) is 17.0 Å². The SMILES string of the molecule is CC(C)Oc1ccc(NCc2cc(F)ccc2Cl)cc1. The molecule has 0 heterocycles. The molecular formula is C16H17ClFNO. The van der Waals surface area contributed by atoms with Crippen LogP contribution in [0.1, 0.15) is 19.4 Å². The molecule has 0 atom stereocenters. The van der Waals surface area contributed by atoms with Crippen LogP contribution in [0.15, 0.2) is 42.5 Å².